The van der Waals surface area contributed by atoms with E-state index in [9.17, 15) is 9.59 Å². The van der Waals surface area contributed by atoms with Crippen LogP contribution in [0.25, 0.3) is 0 Å². The maximum atomic E-state index is 12.1. The zero-order chi connectivity index (χ0) is 28.3. The molecule has 0 aliphatic heterocycles. The van der Waals surface area contributed by atoms with Crippen LogP contribution in [-0.4, -0.2) is 24.1 Å². The van der Waals surface area contributed by atoms with E-state index in [1.54, 1.807) is 25.0 Å². The average Bonchev–Trinajstić information content (AvgIpc) is 3.09. The molecule has 4 aliphatic rings. The lowest BCUT2D eigenvalue weighted by molar-refractivity contribution is -0.167. The van der Waals surface area contributed by atoms with Crippen LogP contribution < -0.4 is 0 Å². The predicted molar refractivity (Wildman–Crippen MR) is 153 cm³/mol. The van der Waals surface area contributed by atoms with Crippen LogP contribution in [0.2, 0.25) is 0 Å². The molecule has 38 heavy (non-hydrogen) atoms. The van der Waals surface area contributed by atoms with Crippen molar-refractivity contribution in [2.24, 2.45) is 39.4 Å². The summed E-state index contributed by atoms with van der Waals surface area (Å²) in [7, 11) is 0. The highest BCUT2D eigenvalue weighted by molar-refractivity contribution is 5.66. The second-order valence-corrected chi connectivity index (χ2v) is 14.8. The normalized spacial score (nSPS) is 39.3. The number of fused-ring (bicyclic) bond motifs is 4. The Labute approximate surface area is 232 Å². The van der Waals surface area contributed by atoms with Crippen molar-refractivity contribution in [1.82, 2.24) is 0 Å². The zero-order valence-electron chi connectivity index (χ0n) is 26.0. The number of carbonyl (C=O) groups is 2. The van der Waals surface area contributed by atoms with Gasteiger partial charge in [-0.15, -0.1) is 0 Å². The molecule has 2 fully saturated rings. The smallest absolute Gasteiger partial charge is 0.302 e. The van der Waals surface area contributed by atoms with Crippen LogP contribution in [0.15, 0.2) is 22.8 Å². The summed E-state index contributed by atoms with van der Waals surface area (Å²) >= 11 is 0. The maximum Gasteiger partial charge on any atom is 0.302 e. The van der Waals surface area contributed by atoms with Crippen LogP contribution >= 0.6 is 0 Å². The molecule has 2 saturated carbocycles. The summed E-state index contributed by atoms with van der Waals surface area (Å²) in [6, 6.07) is 0. The first-order chi connectivity index (χ1) is 17.6. The Hall–Kier alpha value is -1.58. The Morgan fingerprint density at radius 1 is 0.895 bits per heavy atom. The zero-order valence-corrected chi connectivity index (χ0v) is 26.0. The van der Waals surface area contributed by atoms with E-state index in [0.29, 0.717) is 17.8 Å². The molecule has 4 rings (SSSR count). The van der Waals surface area contributed by atoms with Gasteiger partial charge in [-0.25, -0.2) is 0 Å². The summed E-state index contributed by atoms with van der Waals surface area (Å²) in [6.07, 6.45) is 12.2. The third-order valence-electron chi connectivity index (χ3n) is 12.4. The van der Waals surface area contributed by atoms with Gasteiger partial charge >= 0.3 is 11.9 Å². The van der Waals surface area contributed by atoms with Crippen molar-refractivity contribution < 1.29 is 19.1 Å². The van der Waals surface area contributed by atoms with Gasteiger partial charge in [0.15, 0.2) is 0 Å². The molecule has 8 atom stereocenters. The quantitative estimate of drug-likeness (QED) is 0.257. The van der Waals surface area contributed by atoms with Crippen molar-refractivity contribution in [3.05, 3.63) is 22.8 Å². The van der Waals surface area contributed by atoms with Crippen LogP contribution in [-0.2, 0) is 19.1 Å². The van der Waals surface area contributed by atoms with E-state index >= 15 is 0 Å². The third kappa shape index (κ3) is 4.60. The van der Waals surface area contributed by atoms with Gasteiger partial charge in [0.2, 0.25) is 0 Å². The fourth-order valence-electron chi connectivity index (χ4n) is 10.2. The molecule has 4 heteroatoms. The minimum atomic E-state index is -0.165. The number of hydrogen-bond acceptors (Lipinski definition) is 4. The maximum absolute atomic E-state index is 12.1. The molecule has 0 aromatic heterocycles. The molecule has 0 amide bonds. The van der Waals surface area contributed by atoms with E-state index in [1.165, 1.54) is 44.1 Å². The first-order valence-corrected chi connectivity index (χ1v) is 15.3. The molecule has 0 heterocycles. The molecule has 0 saturated heterocycles. The van der Waals surface area contributed by atoms with Crippen molar-refractivity contribution in [2.75, 3.05) is 0 Å². The van der Waals surface area contributed by atoms with E-state index < -0.39 is 0 Å². The summed E-state index contributed by atoms with van der Waals surface area (Å²) < 4.78 is 11.8. The summed E-state index contributed by atoms with van der Waals surface area (Å²) in [5, 5.41) is 0. The molecule has 214 valence electrons. The van der Waals surface area contributed by atoms with Crippen molar-refractivity contribution in [3.8, 4) is 0 Å². The molecule has 8 unspecified atom stereocenters. The Morgan fingerprint density at radius 2 is 1.58 bits per heavy atom. The number of allylic oxidation sites excluding steroid dienone is 3. The number of carbonyl (C=O) groups excluding carboxylic acids is 2. The summed E-state index contributed by atoms with van der Waals surface area (Å²) in [4.78, 5) is 23.9. The fourth-order valence-corrected chi connectivity index (χ4v) is 10.2. The minimum Gasteiger partial charge on any atom is -0.462 e. The predicted octanol–water partition coefficient (Wildman–Crippen LogP) is 8.59. The van der Waals surface area contributed by atoms with Crippen LogP contribution in [0.3, 0.4) is 0 Å². The standard InChI is InChI=1S/C34H54O4/c1-21(2)11-13-28(37-23(4)35)22(3)25-15-19-34(10)27-12-14-29-31(6,7)30(38-24(5)36)17-18-32(29,8)26(27)16-20-33(25,34)9/h11,22,25,28-30H,12-20H2,1-10H3. The van der Waals surface area contributed by atoms with Crippen LogP contribution in [0.1, 0.15) is 127 Å². The topological polar surface area (TPSA) is 52.6 Å². The first kappa shape index (κ1) is 29.4. The SMILES string of the molecule is CC(=O)OC(CC=C(C)C)C(C)C1CCC2(C)C3=C(CCC12C)C1(C)CCC(OC(C)=O)C(C)(C)C1CC3. The third-order valence-corrected chi connectivity index (χ3v) is 12.4. The minimum absolute atomic E-state index is 0.0143. The summed E-state index contributed by atoms with van der Waals surface area (Å²) in [5.74, 6) is 1.09. The summed E-state index contributed by atoms with van der Waals surface area (Å²) in [6.45, 7) is 22.1. The van der Waals surface area contributed by atoms with Crippen molar-refractivity contribution in [1.29, 1.82) is 0 Å². The Morgan fingerprint density at radius 3 is 2.18 bits per heavy atom. The Kier molecular flexibility index (Phi) is 7.82. The molecule has 0 N–H and O–H groups in total. The van der Waals surface area contributed by atoms with Crippen molar-refractivity contribution >= 4 is 11.9 Å². The monoisotopic (exact) mass is 526 g/mol. The van der Waals surface area contributed by atoms with Crippen molar-refractivity contribution in [2.45, 2.75) is 139 Å². The van der Waals surface area contributed by atoms with Gasteiger partial charge in [-0.3, -0.25) is 9.59 Å². The van der Waals surface area contributed by atoms with Crippen molar-refractivity contribution in [3.63, 3.8) is 0 Å². The van der Waals surface area contributed by atoms with Gasteiger partial charge in [-0.1, -0.05) is 64.3 Å². The molecule has 0 radical (unpaired) electrons. The Bertz CT molecular complexity index is 1020. The molecule has 0 aromatic carbocycles. The molecular weight excluding hydrogens is 472 g/mol. The van der Waals surface area contributed by atoms with Gasteiger partial charge in [0.05, 0.1) is 0 Å². The lowest BCUT2D eigenvalue weighted by atomic mass is 9.43. The van der Waals surface area contributed by atoms with E-state index in [1.807, 2.05) is 0 Å². The van der Waals surface area contributed by atoms with E-state index in [2.05, 4.69) is 61.5 Å². The molecule has 0 bridgehead atoms. The van der Waals surface area contributed by atoms with Gasteiger partial charge < -0.3 is 9.47 Å². The lowest BCUT2D eigenvalue weighted by Gasteiger charge is -2.62. The Balaban J connectivity index is 1.66. The van der Waals surface area contributed by atoms with Gasteiger partial charge in [-0.2, -0.15) is 0 Å². The summed E-state index contributed by atoms with van der Waals surface area (Å²) in [5.41, 5.74) is 5.36. The number of rotatable bonds is 6. The lowest BCUT2D eigenvalue weighted by Crippen LogP contribution is -2.56. The fraction of sp³-hybridized carbons (Fsp3) is 0.824. The van der Waals surface area contributed by atoms with Gasteiger partial charge in [0, 0.05) is 25.7 Å². The van der Waals surface area contributed by atoms with Crippen LogP contribution in [0.4, 0.5) is 0 Å². The van der Waals surface area contributed by atoms with Gasteiger partial charge in [0.25, 0.3) is 0 Å². The van der Waals surface area contributed by atoms with Crippen LogP contribution in [0.5, 0.6) is 0 Å². The van der Waals surface area contributed by atoms with Gasteiger partial charge in [0.1, 0.15) is 12.2 Å². The highest BCUT2D eigenvalue weighted by Gasteiger charge is 2.64. The van der Waals surface area contributed by atoms with E-state index in [-0.39, 0.29) is 45.8 Å². The first-order valence-electron chi connectivity index (χ1n) is 15.3. The molecule has 4 nitrogen and oxygen atoms in total. The number of hydrogen-bond donors (Lipinski definition) is 0. The highest BCUT2D eigenvalue weighted by atomic mass is 16.5. The molecule has 0 aromatic rings. The average molecular weight is 527 g/mol. The van der Waals surface area contributed by atoms with Gasteiger partial charge in [-0.05, 0) is 99.2 Å². The second-order valence-electron chi connectivity index (χ2n) is 14.8. The second kappa shape index (κ2) is 10.1. The van der Waals surface area contributed by atoms with Crippen LogP contribution in [0, 0.1) is 39.4 Å². The molecular formula is C34H54O4. The van der Waals surface area contributed by atoms with E-state index in [0.717, 1.165) is 19.3 Å². The molecule has 4 aliphatic carbocycles. The van der Waals surface area contributed by atoms with E-state index in [4.69, 9.17) is 9.47 Å². The molecule has 0 spiro atoms. The largest absolute Gasteiger partial charge is 0.462 e. The highest BCUT2D eigenvalue weighted by Crippen LogP contribution is 2.72. The number of ether oxygens (including phenoxy) is 2. The number of esters is 2.